The summed E-state index contributed by atoms with van der Waals surface area (Å²) in [6.45, 7) is 2.13. The number of carbonyl (C=O) groups is 1. The maximum atomic E-state index is 12.7. The van der Waals surface area contributed by atoms with Crippen molar-refractivity contribution in [2.45, 2.75) is 25.3 Å². The van der Waals surface area contributed by atoms with Gasteiger partial charge in [0.25, 0.3) is 0 Å². The van der Waals surface area contributed by atoms with E-state index < -0.39 is 5.54 Å². The summed E-state index contributed by atoms with van der Waals surface area (Å²) in [5.74, 6) is -0.355. The normalized spacial score (nSPS) is 12.8. The minimum Gasteiger partial charge on any atom is -0.465 e. The van der Waals surface area contributed by atoms with Gasteiger partial charge in [-0.05, 0) is 28.8 Å². The molecular formula is C22H24ClNO2. The van der Waals surface area contributed by atoms with Gasteiger partial charge in [-0.1, -0.05) is 72.8 Å². The van der Waals surface area contributed by atoms with Crippen LogP contribution < -0.4 is 5.73 Å². The first kappa shape index (κ1) is 20.0. The van der Waals surface area contributed by atoms with Crippen LogP contribution in [0.3, 0.4) is 0 Å². The topological polar surface area (TPSA) is 52.3 Å². The highest BCUT2D eigenvalue weighted by atomic mass is 35.5. The van der Waals surface area contributed by atoms with E-state index in [0.717, 1.165) is 21.9 Å². The van der Waals surface area contributed by atoms with E-state index in [1.54, 1.807) is 6.92 Å². The molecule has 3 aromatic carbocycles. The Morgan fingerprint density at radius 2 is 1.58 bits per heavy atom. The first-order valence-corrected chi connectivity index (χ1v) is 8.59. The van der Waals surface area contributed by atoms with E-state index in [1.807, 2.05) is 54.6 Å². The van der Waals surface area contributed by atoms with Gasteiger partial charge in [-0.25, -0.2) is 0 Å². The third kappa shape index (κ3) is 4.43. The van der Waals surface area contributed by atoms with Crippen molar-refractivity contribution in [1.29, 1.82) is 0 Å². The van der Waals surface area contributed by atoms with Crippen molar-refractivity contribution in [2.75, 3.05) is 6.61 Å². The molecule has 0 aliphatic heterocycles. The second kappa shape index (κ2) is 8.84. The van der Waals surface area contributed by atoms with Crippen LogP contribution in [0.5, 0.6) is 0 Å². The Kier molecular flexibility index (Phi) is 6.78. The predicted octanol–water partition coefficient (Wildman–Crippen LogP) is 4.31. The lowest BCUT2D eigenvalue weighted by Crippen LogP contribution is -2.53. The molecule has 0 radical (unpaired) electrons. The molecule has 3 nitrogen and oxygen atoms in total. The largest absolute Gasteiger partial charge is 0.465 e. The zero-order chi connectivity index (χ0) is 17.7. The zero-order valence-electron chi connectivity index (χ0n) is 14.9. The molecule has 3 rings (SSSR count). The van der Waals surface area contributed by atoms with Crippen molar-refractivity contribution in [1.82, 2.24) is 0 Å². The number of rotatable bonds is 6. The second-order valence-electron chi connectivity index (χ2n) is 6.35. The Morgan fingerprint density at radius 1 is 0.923 bits per heavy atom. The summed E-state index contributed by atoms with van der Waals surface area (Å²) < 4.78 is 5.30. The molecule has 0 saturated heterocycles. The first-order valence-electron chi connectivity index (χ1n) is 8.59. The van der Waals surface area contributed by atoms with Crippen molar-refractivity contribution in [3.63, 3.8) is 0 Å². The van der Waals surface area contributed by atoms with Crippen molar-refractivity contribution < 1.29 is 9.53 Å². The lowest BCUT2D eigenvalue weighted by Gasteiger charge is -2.28. The standard InChI is InChI=1S/C22H23NO2.ClH/c1-2-25-21(24)22(23,15-17-9-4-3-5-10-17)16-19-13-8-12-18-11-6-7-14-20(18)19;/h3-14H,2,15-16,23H2,1H3;1H/t22-;/m0./s1. The minimum atomic E-state index is -1.10. The van der Waals surface area contributed by atoms with Gasteiger partial charge in [0.05, 0.1) is 6.61 Å². The number of carbonyl (C=O) groups excluding carboxylic acids is 1. The van der Waals surface area contributed by atoms with Crippen LogP contribution in [0.4, 0.5) is 0 Å². The van der Waals surface area contributed by atoms with E-state index in [0.29, 0.717) is 19.4 Å². The van der Waals surface area contributed by atoms with Gasteiger partial charge in [-0.2, -0.15) is 0 Å². The number of hydrogen-bond donors (Lipinski definition) is 1. The van der Waals surface area contributed by atoms with Gasteiger partial charge in [0, 0.05) is 12.8 Å². The third-order valence-electron chi connectivity index (χ3n) is 4.43. The zero-order valence-corrected chi connectivity index (χ0v) is 15.7. The average molecular weight is 370 g/mol. The molecule has 4 heteroatoms. The molecule has 136 valence electrons. The molecule has 2 N–H and O–H groups in total. The van der Waals surface area contributed by atoms with Crippen LogP contribution in [0.2, 0.25) is 0 Å². The first-order chi connectivity index (χ1) is 12.1. The van der Waals surface area contributed by atoms with Gasteiger partial charge in [0.2, 0.25) is 0 Å². The SMILES string of the molecule is CCOC(=O)[C@](N)(Cc1ccccc1)Cc1cccc2ccccc12.Cl. The van der Waals surface area contributed by atoms with Crippen LogP contribution in [-0.4, -0.2) is 18.1 Å². The molecular weight excluding hydrogens is 346 g/mol. The van der Waals surface area contributed by atoms with Crippen LogP contribution in [0, 0.1) is 0 Å². The van der Waals surface area contributed by atoms with E-state index in [-0.39, 0.29) is 18.4 Å². The lowest BCUT2D eigenvalue weighted by molar-refractivity contribution is -0.149. The Labute approximate surface area is 160 Å². The molecule has 0 bridgehead atoms. The summed E-state index contributed by atoms with van der Waals surface area (Å²) in [5, 5.41) is 2.27. The maximum Gasteiger partial charge on any atom is 0.326 e. The molecule has 0 saturated carbocycles. The molecule has 0 aliphatic rings. The molecule has 1 atom stereocenters. The highest BCUT2D eigenvalue weighted by Gasteiger charge is 2.36. The Morgan fingerprint density at radius 3 is 2.31 bits per heavy atom. The monoisotopic (exact) mass is 369 g/mol. The number of nitrogens with two attached hydrogens (primary N) is 1. The van der Waals surface area contributed by atoms with Gasteiger partial charge >= 0.3 is 5.97 Å². The van der Waals surface area contributed by atoms with Crippen molar-refractivity contribution in [2.24, 2.45) is 5.73 Å². The third-order valence-corrected chi connectivity index (χ3v) is 4.43. The summed E-state index contributed by atoms with van der Waals surface area (Å²) in [7, 11) is 0. The van der Waals surface area contributed by atoms with Crippen LogP contribution in [0.25, 0.3) is 10.8 Å². The lowest BCUT2D eigenvalue weighted by atomic mass is 9.84. The van der Waals surface area contributed by atoms with E-state index in [2.05, 4.69) is 18.2 Å². The Hall–Kier alpha value is -2.36. The fourth-order valence-electron chi connectivity index (χ4n) is 3.23. The van der Waals surface area contributed by atoms with E-state index >= 15 is 0 Å². The molecule has 26 heavy (non-hydrogen) atoms. The molecule has 0 spiro atoms. The number of ether oxygens (including phenoxy) is 1. The summed E-state index contributed by atoms with van der Waals surface area (Å²) in [6.07, 6.45) is 0.873. The second-order valence-corrected chi connectivity index (χ2v) is 6.35. The fourth-order valence-corrected chi connectivity index (χ4v) is 3.23. The number of halogens is 1. The van der Waals surface area contributed by atoms with Gasteiger partial charge < -0.3 is 10.5 Å². The summed E-state index contributed by atoms with van der Waals surface area (Å²) >= 11 is 0. The molecule has 0 aliphatic carbocycles. The van der Waals surface area contributed by atoms with Crippen molar-refractivity contribution >= 4 is 29.1 Å². The minimum absolute atomic E-state index is 0. The highest BCUT2D eigenvalue weighted by molar-refractivity contribution is 5.88. The quantitative estimate of drug-likeness (QED) is 0.659. The maximum absolute atomic E-state index is 12.7. The molecule has 0 heterocycles. The number of esters is 1. The Bertz CT molecular complexity index is 861. The fraction of sp³-hybridized carbons (Fsp3) is 0.227. The van der Waals surface area contributed by atoms with Gasteiger partial charge in [0.1, 0.15) is 5.54 Å². The molecule has 0 unspecified atom stereocenters. The van der Waals surface area contributed by atoms with Gasteiger partial charge in [-0.3, -0.25) is 4.79 Å². The van der Waals surface area contributed by atoms with Crippen LogP contribution >= 0.6 is 12.4 Å². The highest BCUT2D eigenvalue weighted by Crippen LogP contribution is 2.25. The molecule has 0 aromatic heterocycles. The summed E-state index contributed by atoms with van der Waals surface area (Å²) in [4.78, 5) is 12.7. The van der Waals surface area contributed by atoms with Gasteiger partial charge in [-0.15, -0.1) is 12.4 Å². The van der Waals surface area contributed by atoms with Crippen LogP contribution in [0.1, 0.15) is 18.1 Å². The van der Waals surface area contributed by atoms with E-state index in [4.69, 9.17) is 10.5 Å². The summed E-state index contributed by atoms with van der Waals surface area (Å²) in [5.41, 5.74) is 7.60. The predicted molar refractivity (Wildman–Crippen MR) is 109 cm³/mol. The van der Waals surface area contributed by atoms with Crippen molar-refractivity contribution in [3.05, 3.63) is 83.9 Å². The van der Waals surface area contributed by atoms with E-state index in [1.165, 1.54) is 0 Å². The van der Waals surface area contributed by atoms with Crippen molar-refractivity contribution in [3.8, 4) is 0 Å². The number of hydrogen-bond acceptors (Lipinski definition) is 3. The summed E-state index contributed by atoms with van der Waals surface area (Å²) in [6, 6.07) is 24.1. The Balaban J connectivity index is 0.00000243. The van der Waals surface area contributed by atoms with Crippen LogP contribution in [0.15, 0.2) is 72.8 Å². The average Bonchev–Trinajstić information content (AvgIpc) is 2.63. The molecule has 0 amide bonds. The van der Waals surface area contributed by atoms with Crippen LogP contribution in [-0.2, 0) is 22.4 Å². The molecule has 3 aromatic rings. The smallest absolute Gasteiger partial charge is 0.326 e. The number of benzene rings is 3. The van der Waals surface area contributed by atoms with E-state index in [9.17, 15) is 4.79 Å². The number of fused-ring (bicyclic) bond motifs is 1. The van der Waals surface area contributed by atoms with Gasteiger partial charge in [0.15, 0.2) is 0 Å². The molecule has 0 fully saturated rings.